The Bertz CT molecular complexity index is 1160. The predicted molar refractivity (Wildman–Crippen MR) is 109 cm³/mol. The first-order chi connectivity index (χ1) is 15.2. The maximum atomic E-state index is 13.9. The van der Waals surface area contributed by atoms with Crippen LogP contribution in [0.5, 0.6) is 5.75 Å². The van der Waals surface area contributed by atoms with Crippen LogP contribution in [0.3, 0.4) is 0 Å². The summed E-state index contributed by atoms with van der Waals surface area (Å²) >= 11 is 0. The molecule has 1 aromatic carbocycles. The lowest BCUT2D eigenvalue weighted by molar-refractivity contribution is -0.0825. The molecule has 0 atom stereocenters. The summed E-state index contributed by atoms with van der Waals surface area (Å²) in [4.78, 5) is 39.6. The van der Waals surface area contributed by atoms with Crippen LogP contribution in [0.2, 0.25) is 0 Å². The van der Waals surface area contributed by atoms with Crippen molar-refractivity contribution in [1.29, 1.82) is 0 Å². The zero-order valence-corrected chi connectivity index (χ0v) is 17.7. The van der Waals surface area contributed by atoms with Gasteiger partial charge in [-0.15, -0.1) is 0 Å². The Morgan fingerprint density at radius 1 is 1.31 bits per heavy atom. The van der Waals surface area contributed by atoms with E-state index in [1.807, 2.05) is 6.92 Å². The van der Waals surface area contributed by atoms with Crippen LogP contribution in [-0.4, -0.2) is 52.7 Å². The van der Waals surface area contributed by atoms with Crippen LogP contribution >= 0.6 is 0 Å². The van der Waals surface area contributed by atoms with Gasteiger partial charge in [-0.05, 0) is 25.8 Å². The summed E-state index contributed by atoms with van der Waals surface area (Å²) in [5.74, 6) is -3.75. The maximum Gasteiger partial charge on any atom is 0.274 e. The van der Waals surface area contributed by atoms with Crippen LogP contribution in [0.1, 0.15) is 46.2 Å². The van der Waals surface area contributed by atoms with Crippen LogP contribution in [0.15, 0.2) is 29.2 Å². The monoisotopic (exact) mass is 447 g/mol. The first-order valence-electron chi connectivity index (χ1n) is 10.2. The molecule has 8 nitrogen and oxygen atoms in total. The molecule has 1 aliphatic heterocycles. The van der Waals surface area contributed by atoms with Crippen LogP contribution in [0.25, 0.3) is 0 Å². The number of rotatable bonds is 5. The van der Waals surface area contributed by atoms with Gasteiger partial charge in [0.25, 0.3) is 11.8 Å². The number of pyridine rings is 1. The summed E-state index contributed by atoms with van der Waals surface area (Å²) in [5.41, 5.74) is -2.10. The van der Waals surface area contributed by atoms with E-state index in [9.17, 15) is 28.3 Å². The van der Waals surface area contributed by atoms with E-state index >= 15 is 0 Å². The number of aromatic hydroxyl groups is 1. The Balaban J connectivity index is 1.67. The highest BCUT2D eigenvalue weighted by Gasteiger charge is 2.52. The summed E-state index contributed by atoms with van der Waals surface area (Å²) in [6.45, 7) is 2.47. The average molecular weight is 447 g/mol. The van der Waals surface area contributed by atoms with Gasteiger partial charge in [-0.25, -0.2) is 8.78 Å². The van der Waals surface area contributed by atoms with Crippen molar-refractivity contribution in [3.05, 3.63) is 63.1 Å². The molecule has 2 heterocycles. The molecule has 1 saturated carbocycles. The number of carbonyl (C=O) groups excluding carboxylic acids is 2. The summed E-state index contributed by atoms with van der Waals surface area (Å²) in [6.07, 6.45) is 2.35. The molecule has 0 unspecified atom stereocenters. The number of hydrogen-bond donors (Lipinski definition) is 2. The summed E-state index contributed by atoms with van der Waals surface area (Å²) < 4.78 is 34.1. The zero-order valence-electron chi connectivity index (χ0n) is 17.7. The normalized spacial score (nSPS) is 21.9. The van der Waals surface area contributed by atoms with Gasteiger partial charge in [0.15, 0.2) is 11.4 Å². The quantitative estimate of drug-likeness (QED) is 0.727. The predicted octanol–water partition coefficient (Wildman–Crippen LogP) is 1.74. The van der Waals surface area contributed by atoms with Crippen molar-refractivity contribution in [2.75, 3.05) is 20.2 Å². The van der Waals surface area contributed by atoms with Gasteiger partial charge in [0.05, 0.1) is 11.6 Å². The fraction of sp³-hybridized carbons (Fsp3) is 0.409. The van der Waals surface area contributed by atoms with E-state index < -0.39 is 40.2 Å². The zero-order chi connectivity index (χ0) is 23.2. The average Bonchev–Trinajstić information content (AvgIpc) is 2.71. The molecular weight excluding hydrogens is 424 g/mol. The minimum atomic E-state index is -0.993. The van der Waals surface area contributed by atoms with E-state index in [0.29, 0.717) is 32.1 Å². The fourth-order valence-corrected chi connectivity index (χ4v) is 4.51. The van der Waals surface area contributed by atoms with Gasteiger partial charge in [0.2, 0.25) is 5.43 Å². The molecule has 4 rings (SSSR count). The number of aromatic nitrogens is 1. The molecular formula is C22H23F2N3O5. The van der Waals surface area contributed by atoms with E-state index in [1.54, 1.807) is 7.05 Å². The molecule has 10 heteroatoms. The lowest BCUT2D eigenvalue weighted by Crippen LogP contribution is -2.61. The van der Waals surface area contributed by atoms with Crippen molar-refractivity contribution in [3.8, 4) is 5.75 Å². The Kier molecular flexibility index (Phi) is 5.49. The molecule has 1 fully saturated rings. The largest absolute Gasteiger partial charge is 0.503 e. The van der Waals surface area contributed by atoms with Crippen molar-refractivity contribution in [2.24, 2.45) is 0 Å². The second-order valence-electron chi connectivity index (χ2n) is 8.23. The third-order valence-corrected chi connectivity index (χ3v) is 6.09. The molecule has 2 N–H and O–H groups in total. The van der Waals surface area contributed by atoms with Crippen molar-refractivity contribution in [1.82, 2.24) is 14.8 Å². The van der Waals surface area contributed by atoms with E-state index in [2.05, 4.69) is 5.32 Å². The number of carbonyl (C=O) groups is 2. The van der Waals surface area contributed by atoms with Gasteiger partial charge in [0, 0.05) is 44.6 Å². The van der Waals surface area contributed by atoms with Crippen molar-refractivity contribution >= 4 is 11.8 Å². The topological polar surface area (TPSA) is 101 Å². The SMILES string of the molecule is CCOC1CC2(C1)CN(C)C(=O)c1c(O)c(=O)c(C(=O)NCc3ccc(F)cc3F)cn12. The van der Waals surface area contributed by atoms with Crippen molar-refractivity contribution < 1.29 is 28.2 Å². The molecule has 2 aromatic rings. The van der Waals surface area contributed by atoms with Crippen LogP contribution < -0.4 is 10.7 Å². The highest BCUT2D eigenvalue weighted by Crippen LogP contribution is 2.45. The summed E-state index contributed by atoms with van der Waals surface area (Å²) in [7, 11) is 1.59. The van der Waals surface area contributed by atoms with Gasteiger partial charge >= 0.3 is 0 Å². The molecule has 0 bridgehead atoms. The van der Waals surface area contributed by atoms with Crippen LogP contribution in [-0.2, 0) is 16.8 Å². The molecule has 0 radical (unpaired) electrons. The van der Waals surface area contributed by atoms with E-state index in [1.165, 1.54) is 21.7 Å². The number of amides is 2. The van der Waals surface area contributed by atoms with Gasteiger partial charge in [-0.3, -0.25) is 14.4 Å². The second kappa shape index (κ2) is 8.01. The lowest BCUT2D eigenvalue weighted by atomic mass is 9.72. The number of hydrogen-bond acceptors (Lipinski definition) is 5. The van der Waals surface area contributed by atoms with Gasteiger partial charge in [0.1, 0.15) is 17.2 Å². The number of halogens is 2. The van der Waals surface area contributed by atoms with Gasteiger partial charge in [-0.2, -0.15) is 0 Å². The van der Waals surface area contributed by atoms with Crippen LogP contribution in [0, 0.1) is 11.6 Å². The molecule has 170 valence electrons. The molecule has 2 amide bonds. The Morgan fingerprint density at radius 2 is 2.03 bits per heavy atom. The molecule has 1 spiro atoms. The highest BCUT2D eigenvalue weighted by molar-refractivity contribution is 5.99. The summed E-state index contributed by atoms with van der Waals surface area (Å²) in [6, 6.07) is 2.94. The maximum absolute atomic E-state index is 13.9. The van der Waals surface area contributed by atoms with Crippen molar-refractivity contribution in [3.63, 3.8) is 0 Å². The van der Waals surface area contributed by atoms with E-state index in [4.69, 9.17) is 4.74 Å². The van der Waals surface area contributed by atoms with Crippen LogP contribution in [0.4, 0.5) is 8.78 Å². The minimum absolute atomic E-state index is 0.0326. The van der Waals surface area contributed by atoms with Gasteiger partial charge < -0.3 is 24.6 Å². The Hall–Kier alpha value is -3.27. The first-order valence-corrected chi connectivity index (χ1v) is 10.2. The first kappa shape index (κ1) is 21.9. The smallest absolute Gasteiger partial charge is 0.274 e. The standard InChI is InChI=1S/C22H23F2N3O5/c1-3-32-14-7-22(8-14)11-26(2)21(31)17-19(29)18(28)15(10-27(17)22)20(30)25-9-12-4-5-13(23)6-16(12)24/h4-6,10,14,29H,3,7-9,11H2,1-2H3,(H,25,30). The molecule has 1 aliphatic carbocycles. The lowest BCUT2D eigenvalue weighted by Gasteiger charge is -2.53. The number of likely N-dealkylation sites (N-methyl/N-ethyl adjacent to an activating group) is 1. The van der Waals surface area contributed by atoms with Crippen molar-refractivity contribution in [2.45, 2.75) is 38.0 Å². The number of ether oxygens (including phenoxy) is 1. The summed E-state index contributed by atoms with van der Waals surface area (Å²) in [5, 5.41) is 13.0. The number of nitrogens with one attached hydrogen (secondary N) is 1. The highest BCUT2D eigenvalue weighted by atomic mass is 19.1. The minimum Gasteiger partial charge on any atom is -0.503 e. The third-order valence-electron chi connectivity index (χ3n) is 6.09. The molecule has 1 aromatic heterocycles. The second-order valence-corrected chi connectivity index (χ2v) is 8.23. The fourth-order valence-electron chi connectivity index (χ4n) is 4.51. The van der Waals surface area contributed by atoms with E-state index in [-0.39, 0.29) is 29.5 Å². The Morgan fingerprint density at radius 3 is 2.69 bits per heavy atom. The van der Waals surface area contributed by atoms with E-state index in [0.717, 1.165) is 6.07 Å². The molecule has 0 saturated heterocycles. The van der Waals surface area contributed by atoms with Gasteiger partial charge in [-0.1, -0.05) is 6.07 Å². The number of nitrogens with zero attached hydrogens (tertiary/aromatic N) is 2. The molecule has 2 aliphatic rings. The number of benzene rings is 1. The Labute approximate surface area is 182 Å². The third kappa shape index (κ3) is 3.54. The number of fused-ring (bicyclic) bond motifs is 2. The molecule has 32 heavy (non-hydrogen) atoms.